The van der Waals surface area contributed by atoms with E-state index in [-0.39, 0.29) is 23.9 Å². The molecule has 19 heavy (non-hydrogen) atoms. The minimum absolute atomic E-state index is 0.0160. The van der Waals surface area contributed by atoms with E-state index in [1.54, 1.807) is 7.05 Å². The summed E-state index contributed by atoms with van der Waals surface area (Å²) in [5.74, 6) is 0.336. The predicted octanol–water partition coefficient (Wildman–Crippen LogP) is 0.577. The maximum absolute atomic E-state index is 11.8. The average Bonchev–Trinajstić information content (AvgIpc) is 2.84. The Morgan fingerprint density at radius 3 is 2.63 bits per heavy atom. The zero-order valence-electron chi connectivity index (χ0n) is 12.2. The van der Waals surface area contributed by atoms with Crippen molar-refractivity contribution in [3.05, 3.63) is 0 Å². The zero-order valence-corrected chi connectivity index (χ0v) is 12.2. The van der Waals surface area contributed by atoms with Gasteiger partial charge in [0.15, 0.2) is 0 Å². The molecule has 110 valence electrons. The van der Waals surface area contributed by atoms with E-state index in [1.165, 1.54) is 7.11 Å². The number of likely N-dealkylation sites (tertiary alicyclic amines) is 1. The van der Waals surface area contributed by atoms with Gasteiger partial charge in [0.1, 0.15) is 0 Å². The van der Waals surface area contributed by atoms with Crippen molar-refractivity contribution in [3.8, 4) is 0 Å². The molecule has 1 heterocycles. The van der Waals surface area contributed by atoms with E-state index < -0.39 is 6.09 Å². The van der Waals surface area contributed by atoms with Crippen molar-refractivity contribution in [2.45, 2.75) is 38.8 Å². The van der Waals surface area contributed by atoms with Crippen LogP contribution < -0.4 is 10.6 Å². The molecule has 2 unspecified atom stereocenters. The number of likely N-dealkylation sites (N-methyl/N-ethyl adjacent to an activating group) is 1. The van der Waals surface area contributed by atoms with E-state index in [9.17, 15) is 9.59 Å². The number of carbonyl (C=O) groups excluding carboxylic acids is 2. The van der Waals surface area contributed by atoms with Crippen molar-refractivity contribution in [2.75, 3.05) is 27.2 Å². The molecular weight excluding hydrogens is 246 g/mol. The van der Waals surface area contributed by atoms with Gasteiger partial charge in [-0.05, 0) is 25.3 Å². The van der Waals surface area contributed by atoms with Gasteiger partial charge in [-0.1, -0.05) is 13.8 Å². The van der Waals surface area contributed by atoms with Crippen molar-refractivity contribution >= 4 is 12.0 Å². The van der Waals surface area contributed by atoms with Crippen LogP contribution >= 0.6 is 0 Å². The largest absolute Gasteiger partial charge is 0.453 e. The van der Waals surface area contributed by atoms with Gasteiger partial charge in [-0.3, -0.25) is 9.69 Å². The number of nitrogens with zero attached hydrogens (tertiary/aromatic N) is 1. The summed E-state index contributed by atoms with van der Waals surface area (Å²) in [5.41, 5.74) is 0. The van der Waals surface area contributed by atoms with Gasteiger partial charge in [0.05, 0.1) is 13.2 Å². The number of amides is 2. The fraction of sp³-hybridized carbons (Fsp3) is 0.846. The number of methoxy groups -OCH3 is 1. The van der Waals surface area contributed by atoms with Crippen LogP contribution in [-0.2, 0) is 9.53 Å². The molecule has 1 saturated heterocycles. The van der Waals surface area contributed by atoms with E-state index >= 15 is 0 Å². The molecule has 0 aromatic heterocycles. The molecule has 0 saturated carbocycles. The number of nitrogens with one attached hydrogen (secondary N) is 2. The molecule has 0 radical (unpaired) electrons. The molecule has 0 bridgehead atoms. The summed E-state index contributed by atoms with van der Waals surface area (Å²) >= 11 is 0. The van der Waals surface area contributed by atoms with Crippen LogP contribution in [0.3, 0.4) is 0 Å². The number of carbonyl (C=O) groups is 2. The predicted molar refractivity (Wildman–Crippen MR) is 72.8 cm³/mol. The first kappa shape index (κ1) is 15.8. The third-order valence-corrected chi connectivity index (χ3v) is 3.64. The molecule has 0 aliphatic carbocycles. The molecule has 1 fully saturated rings. The van der Waals surface area contributed by atoms with Gasteiger partial charge in [-0.15, -0.1) is 0 Å². The molecule has 2 atom stereocenters. The number of alkyl carbamates (subject to hydrolysis) is 1. The molecule has 1 aliphatic rings. The monoisotopic (exact) mass is 271 g/mol. The fourth-order valence-corrected chi connectivity index (χ4v) is 2.39. The Labute approximate surface area is 114 Å². The molecule has 1 aliphatic heterocycles. The Morgan fingerprint density at radius 2 is 2.11 bits per heavy atom. The molecule has 1 rings (SSSR count). The molecule has 0 aromatic rings. The summed E-state index contributed by atoms with van der Waals surface area (Å²) in [6.07, 6.45) is 1.47. The van der Waals surface area contributed by atoms with Crippen LogP contribution in [0, 0.1) is 5.92 Å². The number of hydrogen-bond donors (Lipinski definition) is 2. The molecule has 2 N–H and O–H groups in total. The Morgan fingerprint density at radius 1 is 1.42 bits per heavy atom. The summed E-state index contributed by atoms with van der Waals surface area (Å²) in [6, 6.07) is -0.0941. The molecule has 0 spiro atoms. The summed E-state index contributed by atoms with van der Waals surface area (Å²) in [5, 5.41) is 5.53. The van der Waals surface area contributed by atoms with Crippen molar-refractivity contribution in [2.24, 2.45) is 5.92 Å². The topological polar surface area (TPSA) is 70.7 Å². The van der Waals surface area contributed by atoms with Crippen molar-refractivity contribution in [1.82, 2.24) is 15.5 Å². The van der Waals surface area contributed by atoms with E-state index in [2.05, 4.69) is 20.3 Å². The summed E-state index contributed by atoms with van der Waals surface area (Å²) in [6.45, 7) is 5.66. The third-order valence-electron chi connectivity index (χ3n) is 3.64. The lowest BCUT2D eigenvalue weighted by atomic mass is 10.0. The van der Waals surface area contributed by atoms with Gasteiger partial charge in [-0.25, -0.2) is 4.79 Å². The smallest absolute Gasteiger partial charge is 0.407 e. The van der Waals surface area contributed by atoms with Crippen LogP contribution in [0.15, 0.2) is 0 Å². The first-order valence-corrected chi connectivity index (χ1v) is 6.79. The second-order valence-electron chi connectivity index (χ2n) is 5.25. The molecule has 2 amide bonds. The second-order valence-corrected chi connectivity index (χ2v) is 5.25. The summed E-state index contributed by atoms with van der Waals surface area (Å²) in [4.78, 5) is 25.3. The number of ether oxygens (including phenoxy) is 1. The first-order chi connectivity index (χ1) is 8.99. The van der Waals surface area contributed by atoms with Crippen LogP contribution in [-0.4, -0.2) is 56.2 Å². The second kappa shape index (κ2) is 7.33. The van der Waals surface area contributed by atoms with E-state index in [0.717, 1.165) is 19.4 Å². The molecule has 0 aromatic carbocycles. The fourth-order valence-electron chi connectivity index (χ4n) is 2.39. The first-order valence-electron chi connectivity index (χ1n) is 6.79. The van der Waals surface area contributed by atoms with Gasteiger partial charge < -0.3 is 15.4 Å². The SMILES string of the molecule is CNC(=O)C1CCCN1CC(NC(=O)OC)C(C)C. The van der Waals surface area contributed by atoms with Crippen LogP contribution in [0.1, 0.15) is 26.7 Å². The van der Waals surface area contributed by atoms with Crippen LogP contribution in [0.5, 0.6) is 0 Å². The van der Waals surface area contributed by atoms with E-state index in [1.807, 2.05) is 13.8 Å². The number of hydrogen-bond acceptors (Lipinski definition) is 4. The summed E-state index contributed by atoms with van der Waals surface area (Å²) in [7, 11) is 3.02. The molecular formula is C13H25N3O3. The third kappa shape index (κ3) is 4.38. The van der Waals surface area contributed by atoms with Gasteiger partial charge in [0.25, 0.3) is 0 Å². The van der Waals surface area contributed by atoms with Crippen molar-refractivity contribution in [1.29, 1.82) is 0 Å². The van der Waals surface area contributed by atoms with Crippen molar-refractivity contribution in [3.63, 3.8) is 0 Å². The highest BCUT2D eigenvalue weighted by Gasteiger charge is 2.32. The van der Waals surface area contributed by atoms with Gasteiger partial charge in [0.2, 0.25) is 5.91 Å². The van der Waals surface area contributed by atoms with E-state index in [4.69, 9.17) is 0 Å². The highest BCUT2D eigenvalue weighted by molar-refractivity contribution is 5.81. The van der Waals surface area contributed by atoms with E-state index in [0.29, 0.717) is 6.54 Å². The summed E-state index contributed by atoms with van der Waals surface area (Å²) < 4.78 is 4.64. The van der Waals surface area contributed by atoms with Gasteiger partial charge in [0, 0.05) is 19.6 Å². The minimum Gasteiger partial charge on any atom is -0.453 e. The average molecular weight is 271 g/mol. The van der Waals surface area contributed by atoms with Crippen molar-refractivity contribution < 1.29 is 14.3 Å². The minimum atomic E-state index is -0.422. The lowest BCUT2D eigenvalue weighted by molar-refractivity contribution is -0.125. The highest BCUT2D eigenvalue weighted by atomic mass is 16.5. The Hall–Kier alpha value is -1.30. The quantitative estimate of drug-likeness (QED) is 0.767. The Bertz CT molecular complexity index is 320. The van der Waals surface area contributed by atoms with Gasteiger partial charge >= 0.3 is 6.09 Å². The molecule has 6 nitrogen and oxygen atoms in total. The lowest BCUT2D eigenvalue weighted by Crippen LogP contribution is -2.50. The maximum atomic E-state index is 11.8. The number of rotatable bonds is 5. The lowest BCUT2D eigenvalue weighted by Gasteiger charge is -2.30. The highest BCUT2D eigenvalue weighted by Crippen LogP contribution is 2.19. The molecule has 6 heteroatoms. The van der Waals surface area contributed by atoms with Crippen LogP contribution in [0.2, 0.25) is 0 Å². The van der Waals surface area contributed by atoms with Gasteiger partial charge in [-0.2, -0.15) is 0 Å². The normalized spacial score (nSPS) is 21.2. The van der Waals surface area contributed by atoms with Crippen LogP contribution in [0.4, 0.5) is 4.79 Å². The Kier molecular flexibility index (Phi) is 6.08. The maximum Gasteiger partial charge on any atom is 0.407 e. The standard InChI is InChI=1S/C13H25N3O3/c1-9(2)10(15-13(18)19-4)8-16-7-5-6-11(16)12(17)14-3/h9-11H,5-8H2,1-4H3,(H,14,17)(H,15,18). The van der Waals surface area contributed by atoms with Crippen LogP contribution in [0.25, 0.3) is 0 Å². The Balaban J connectivity index is 2.62. The zero-order chi connectivity index (χ0) is 14.4.